The molecule has 3 aromatic carbocycles. The Morgan fingerprint density at radius 2 is 1.85 bits per heavy atom. The van der Waals surface area contributed by atoms with Gasteiger partial charge in [0.25, 0.3) is 0 Å². The molecule has 0 aromatic heterocycles. The summed E-state index contributed by atoms with van der Waals surface area (Å²) in [7, 11) is -0.939. The van der Waals surface area contributed by atoms with Gasteiger partial charge in [0.05, 0.1) is 20.1 Å². The van der Waals surface area contributed by atoms with Crippen molar-refractivity contribution < 1.29 is 22.7 Å². The molecule has 0 bridgehead atoms. The Kier molecular flexibility index (Phi) is 6.85. The first-order valence-corrected chi connectivity index (χ1v) is 12.3. The fourth-order valence-corrected chi connectivity index (χ4v) is 5.97. The van der Waals surface area contributed by atoms with Gasteiger partial charge in [-0.1, -0.05) is 42.5 Å². The number of hydrogen-bond acceptors (Lipinski definition) is 5. The van der Waals surface area contributed by atoms with Crippen molar-refractivity contribution in [3.05, 3.63) is 66.2 Å². The molecule has 8 heteroatoms. The number of hydrogen-bond donors (Lipinski definition) is 1. The van der Waals surface area contributed by atoms with Crippen LogP contribution in [0, 0.1) is 5.92 Å². The number of amides is 1. The van der Waals surface area contributed by atoms with E-state index in [1.165, 1.54) is 24.6 Å². The molecule has 1 amide bonds. The highest BCUT2D eigenvalue weighted by Crippen LogP contribution is 2.32. The molecule has 0 radical (unpaired) electrons. The molecular weight excluding hydrogens is 440 g/mol. The Labute approximate surface area is 194 Å². The van der Waals surface area contributed by atoms with Crippen molar-refractivity contribution in [1.82, 2.24) is 9.62 Å². The summed E-state index contributed by atoms with van der Waals surface area (Å²) in [4.78, 5) is 13.0. The number of carbonyl (C=O) groups excluding carboxylic acids is 1. The number of carbonyl (C=O) groups is 1. The van der Waals surface area contributed by atoms with E-state index in [4.69, 9.17) is 9.47 Å². The first-order chi connectivity index (χ1) is 15.9. The van der Waals surface area contributed by atoms with Gasteiger partial charge in [-0.2, -0.15) is 4.31 Å². The van der Waals surface area contributed by atoms with Crippen LogP contribution in [-0.4, -0.2) is 45.9 Å². The van der Waals surface area contributed by atoms with Crippen molar-refractivity contribution in [3.8, 4) is 11.5 Å². The lowest BCUT2D eigenvalue weighted by Crippen LogP contribution is -2.45. The number of methoxy groups -OCH3 is 2. The van der Waals surface area contributed by atoms with E-state index >= 15 is 0 Å². The summed E-state index contributed by atoms with van der Waals surface area (Å²) in [6.45, 7) is 0.882. The van der Waals surface area contributed by atoms with Crippen molar-refractivity contribution in [2.45, 2.75) is 24.3 Å². The third-order valence-corrected chi connectivity index (χ3v) is 7.96. The highest BCUT2D eigenvalue weighted by Gasteiger charge is 2.35. The van der Waals surface area contributed by atoms with E-state index in [-0.39, 0.29) is 23.1 Å². The topological polar surface area (TPSA) is 84.9 Å². The van der Waals surface area contributed by atoms with Gasteiger partial charge in [0.15, 0.2) is 0 Å². The Balaban J connectivity index is 1.48. The van der Waals surface area contributed by atoms with Gasteiger partial charge in [-0.15, -0.1) is 0 Å². The Morgan fingerprint density at radius 1 is 1.06 bits per heavy atom. The van der Waals surface area contributed by atoms with Crippen molar-refractivity contribution in [1.29, 1.82) is 0 Å². The smallest absolute Gasteiger partial charge is 0.246 e. The predicted octanol–water partition coefficient (Wildman–Crippen LogP) is 3.57. The number of nitrogens with zero attached hydrogens (tertiary/aromatic N) is 1. The quantitative estimate of drug-likeness (QED) is 0.573. The summed E-state index contributed by atoms with van der Waals surface area (Å²) in [6.07, 6.45) is 1.25. The largest absolute Gasteiger partial charge is 0.497 e. The molecule has 1 atom stereocenters. The van der Waals surface area contributed by atoms with Gasteiger partial charge in [-0.25, -0.2) is 8.42 Å². The maximum absolute atomic E-state index is 13.4. The summed E-state index contributed by atoms with van der Waals surface area (Å²) < 4.78 is 38.6. The summed E-state index contributed by atoms with van der Waals surface area (Å²) in [5.74, 6) is 0.120. The van der Waals surface area contributed by atoms with Crippen LogP contribution in [0.25, 0.3) is 10.8 Å². The summed E-state index contributed by atoms with van der Waals surface area (Å²) in [5, 5.41) is 5.22. The van der Waals surface area contributed by atoms with Crippen molar-refractivity contribution in [2.24, 2.45) is 5.92 Å². The predicted molar refractivity (Wildman–Crippen MR) is 127 cm³/mol. The van der Waals surface area contributed by atoms with Crippen molar-refractivity contribution in [3.63, 3.8) is 0 Å². The van der Waals surface area contributed by atoms with Crippen molar-refractivity contribution >= 4 is 26.7 Å². The highest BCUT2D eigenvalue weighted by molar-refractivity contribution is 7.89. The molecule has 1 aliphatic rings. The second-order valence-corrected chi connectivity index (χ2v) is 9.98. The number of nitrogens with one attached hydrogen (secondary N) is 1. The SMILES string of the molecule is COc1ccc(OC)c(S(=O)(=O)N2CCCC(C(=O)NCc3cccc4ccccc34)C2)c1. The lowest BCUT2D eigenvalue weighted by molar-refractivity contribution is -0.126. The zero-order valence-electron chi connectivity index (χ0n) is 18.8. The van der Waals surface area contributed by atoms with Crippen LogP contribution in [0.1, 0.15) is 18.4 Å². The van der Waals surface area contributed by atoms with E-state index in [9.17, 15) is 13.2 Å². The van der Waals surface area contributed by atoms with Gasteiger partial charge in [0.1, 0.15) is 16.4 Å². The third kappa shape index (κ3) is 4.82. The minimum atomic E-state index is -3.85. The van der Waals surface area contributed by atoms with Crippen LogP contribution in [-0.2, 0) is 21.4 Å². The fraction of sp³-hybridized carbons (Fsp3) is 0.320. The fourth-order valence-electron chi connectivity index (χ4n) is 4.27. The van der Waals surface area contributed by atoms with Gasteiger partial charge in [0.2, 0.25) is 15.9 Å². The monoisotopic (exact) mass is 468 g/mol. The zero-order chi connectivity index (χ0) is 23.4. The number of sulfonamides is 1. The lowest BCUT2D eigenvalue weighted by Gasteiger charge is -2.31. The average Bonchev–Trinajstić information content (AvgIpc) is 2.86. The van der Waals surface area contributed by atoms with Crippen LogP contribution in [0.5, 0.6) is 11.5 Å². The average molecular weight is 469 g/mol. The maximum Gasteiger partial charge on any atom is 0.246 e. The number of piperidine rings is 1. The second-order valence-electron chi connectivity index (χ2n) is 8.08. The standard InChI is InChI=1S/C25H28N2O5S/c1-31-21-12-13-23(32-2)24(15-21)33(29,30)27-14-6-10-20(17-27)25(28)26-16-19-9-5-8-18-7-3-4-11-22(18)19/h3-5,7-9,11-13,15,20H,6,10,14,16-17H2,1-2H3,(H,26,28). The van der Waals surface area contributed by atoms with E-state index in [2.05, 4.69) is 5.32 Å². The summed E-state index contributed by atoms with van der Waals surface area (Å²) >= 11 is 0. The normalized spacial score (nSPS) is 17.0. The van der Waals surface area contributed by atoms with E-state index in [0.717, 1.165) is 16.3 Å². The number of ether oxygens (including phenoxy) is 2. The molecule has 1 heterocycles. The van der Waals surface area contributed by atoms with E-state index in [1.54, 1.807) is 12.1 Å². The third-order valence-electron chi connectivity index (χ3n) is 6.08. The maximum atomic E-state index is 13.4. The molecule has 33 heavy (non-hydrogen) atoms. The van der Waals surface area contributed by atoms with Gasteiger partial charge >= 0.3 is 0 Å². The van der Waals surface area contributed by atoms with Crippen LogP contribution < -0.4 is 14.8 Å². The van der Waals surface area contributed by atoms with E-state index in [0.29, 0.717) is 31.7 Å². The van der Waals surface area contributed by atoms with Crippen molar-refractivity contribution in [2.75, 3.05) is 27.3 Å². The second kappa shape index (κ2) is 9.80. The molecule has 0 aliphatic carbocycles. The molecule has 0 saturated carbocycles. The van der Waals surface area contributed by atoms with E-state index < -0.39 is 15.9 Å². The minimum Gasteiger partial charge on any atom is -0.497 e. The summed E-state index contributed by atoms with van der Waals surface area (Å²) in [6, 6.07) is 18.7. The highest BCUT2D eigenvalue weighted by atomic mass is 32.2. The molecule has 1 N–H and O–H groups in total. The van der Waals surface area contributed by atoms with Crippen LogP contribution >= 0.6 is 0 Å². The van der Waals surface area contributed by atoms with Crippen LogP contribution in [0.4, 0.5) is 0 Å². The molecule has 0 spiro atoms. The van der Waals surface area contributed by atoms with Gasteiger partial charge in [-0.3, -0.25) is 4.79 Å². The Bertz CT molecular complexity index is 1250. The molecule has 4 rings (SSSR count). The lowest BCUT2D eigenvalue weighted by atomic mass is 9.98. The minimum absolute atomic E-state index is 0.0427. The van der Waals surface area contributed by atoms with Crippen LogP contribution in [0.2, 0.25) is 0 Å². The molecule has 3 aromatic rings. The molecule has 1 unspecified atom stereocenters. The van der Waals surface area contributed by atoms with Gasteiger partial charge in [-0.05, 0) is 41.3 Å². The van der Waals surface area contributed by atoms with Crippen LogP contribution in [0.15, 0.2) is 65.6 Å². The van der Waals surface area contributed by atoms with Gasteiger partial charge < -0.3 is 14.8 Å². The Hall–Kier alpha value is -3.10. The summed E-state index contributed by atoms with van der Waals surface area (Å²) in [5.41, 5.74) is 1.03. The molecule has 1 aliphatic heterocycles. The Morgan fingerprint density at radius 3 is 2.64 bits per heavy atom. The number of rotatable bonds is 7. The van der Waals surface area contributed by atoms with E-state index in [1.807, 2.05) is 42.5 Å². The number of fused-ring (bicyclic) bond motifs is 1. The van der Waals surface area contributed by atoms with Gasteiger partial charge in [0, 0.05) is 25.7 Å². The zero-order valence-corrected chi connectivity index (χ0v) is 19.6. The first-order valence-electron chi connectivity index (χ1n) is 10.9. The molecule has 174 valence electrons. The molecule has 7 nitrogen and oxygen atoms in total. The molecule has 1 saturated heterocycles. The van der Waals surface area contributed by atoms with Crippen LogP contribution in [0.3, 0.4) is 0 Å². The first kappa shape index (κ1) is 23.1. The number of benzene rings is 3. The molecular formula is C25H28N2O5S. The molecule has 1 fully saturated rings.